The Morgan fingerprint density at radius 1 is 0.727 bits per heavy atom. The van der Waals surface area contributed by atoms with E-state index in [0.717, 1.165) is 19.5 Å². The zero-order valence-electron chi connectivity index (χ0n) is 23.8. The highest BCUT2D eigenvalue weighted by molar-refractivity contribution is 7.25. The first-order valence-electron chi connectivity index (χ1n) is 13.1. The van der Waals surface area contributed by atoms with E-state index in [0.29, 0.717) is 21.5 Å². The molecule has 4 heterocycles. The maximum atomic E-state index is 9.16. The van der Waals surface area contributed by atoms with Crippen molar-refractivity contribution in [3.05, 3.63) is 80.1 Å². The summed E-state index contributed by atoms with van der Waals surface area (Å²) in [5.41, 5.74) is 4.84. The van der Waals surface area contributed by atoms with E-state index < -0.39 is 0 Å². The van der Waals surface area contributed by atoms with Crippen molar-refractivity contribution in [3.8, 4) is 43.1 Å². The minimum Gasteiger partial charge on any atom is -0.495 e. The van der Waals surface area contributed by atoms with Crippen molar-refractivity contribution in [2.24, 2.45) is 9.98 Å². The van der Waals surface area contributed by atoms with Crippen LogP contribution in [0.1, 0.15) is 46.6 Å². The summed E-state index contributed by atoms with van der Waals surface area (Å²) in [5, 5.41) is 19.4. The third-order valence-corrected chi connectivity index (χ3v) is 12.2. The van der Waals surface area contributed by atoms with Crippen LogP contribution < -0.4 is 9.47 Å². The van der Waals surface area contributed by atoms with Gasteiger partial charge in [0.1, 0.15) is 23.6 Å². The van der Waals surface area contributed by atoms with E-state index >= 15 is 0 Å². The van der Waals surface area contributed by atoms with E-state index in [1.807, 2.05) is 12.1 Å². The number of rotatable bonds is 6. The molecule has 12 heteroatoms. The largest absolute Gasteiger partial charge is 0.495 e. The van der Waals surface area contributed by atoms with Gasteiger partial charge in [-0.3, -0.25) is 0 Å². The fourth-order valence-corrected chi connectivity index (χ4v) is 10.3. The SMILES string of the molecule is [C-]#[N+]C(C#N)=Nc1cc(OC)c(-c2cc3c(s2)C2C=C(C)c4cc(-c5sc(N=C(C#N)[N+]#[C-])cc5OC)sc4C2C=C3C)s1. The molecule has 0 aromatic carbocycles. The van der Waals surface area contributed by atoms with Gasteiger partial charge in [0.05, 0.1) is 24.0 Å². The molecule has 4 aromatic rings. The Bertz CT molecular complexity index is 1960. The third-order valence-electron chi connectivity index (χ3n) is 7.32. The number of allylic oxidation sites excluding steroid dienone is 4. The Labute approximate surface area is 270 Å². The molecule has 0 radical (unpaired) electrons. The molecule has 0 saturated heterocycles. The van der Waals surface area contributed by atoms with Gasteiger partial charge in [-0.15, -0.1) is 22.7 Å². The van der Waals surface area contributed by atoms with Crippen LogP contribution in [-0.2, 0) is 0 Å². The number of ether oxygens (including phenoxy) is 2. The van der Waals surface area contributed by atoms with E-state index in [2.05, 4.69) is 57.8 Å². The molecule has 0 bridgehead atoms. The van der Waals surface area contributed by atoms with Crippen LogP contribution in [0.3, 0.4) is 0 Å². The molecule has 8 nitrogen and oxygen atoms in total. The molecule has 2 aliphatic carbocycles. The number of thiophene rings is 4. The minimum absolute atomic E-state index is 0.171. The predicted octanol–water partition coefficient (Wildman–Crippen LogP) is 9.93. The molecular formula is C32H20N6O2S4. The number of fused-ring (bicyclic) bond motifs is 5. The molecule has 214 valence electrons. The lowest BCUT2D eigenvalue weighted by Crippen LogP contribution is -2.15. The molecule has 0 aliphatic heterocycles. The Morgan fingerprint density at radius 3 is 1.48 bits per heavy atom. The molecule has 0 spiro atoms. The maximum Gasteiger partial charge on any atom is 0.350 e. The lowest BCUT2D eigenvalue weighted by atomic mass is 9.75. The van der Waals surface area contributed by atoms with Crippen LogP contribution in [0.25, 0.3) is 40.3 Å². The van der Waals surface area contributed by atoms with E-state index in [1.165, 1.54) is 54.7 Å². The molecular weight excluding hydrogens is 629 g/mol. The number of hydrogen-bond donors (Lipinski definition) is 0. The summed E-state index contributed by atoms with van der Waals surface area (Å²) in [6.45, 7) is 18.6. The molecule has 0 amide bonds. The molecule has 0 N–H and O–H groups in total. The Balaban J connectivity index is 1.40. The van der Waals surface area contributed by atoms with E-state index in [9.17, 15) is 0 Å². The number of amidine groups is 2. The number of aliphatic imine (C=N–C) groups is 2. The highest BCUT2D eigenvalue weighted by atomic mass is 32.1. The second-order valence-electron chi connectivity index (χ2n) is 9.81. The van der Waals surface area contributed by atoms with Crippen LogP contribution >= 0.6 is 45.3 Å². The standard InChI is InChI=1S/C32H20N6O2S4/c1-15-7-19-20(29-17(15)9-23(41-29)31-21(39-5)11-27(43-31)37-25(13-33)35-3)8-16(2)18-10-24(42-30(18)19)32-22(40-6)12-28(44-32)38-26(14-34)36-4/h7-12,19-20H,1-2,5-6H3. The molecule has 2 aliphatic rings. The van der Waals surface area contributed by atoms with Crippen molar-refractivity contribution < 1.29 is 9.47 Å². The second-order valence-corrected chi connectivity index (χ2v) is 14.0. The Hall–Kier alpha value is -4.82. The summed E-state index contributed by atoms with van der Waals surface area (Å²) in [5.74, 6) is 1.26. The van der Waals surface area contributed by atoms with Crippen LogP contribution in [0, 0.1) is 35.8 Å². The van der Waals surface area contributed by atoms with Crippen LogP contribution in [0.4, 0.5) is 10.0 Å². The minimum atomic E-state index is -0.208. The smallest absolute Gasteiger partial charge is 0.350 e. The van der Waals surface area contributed by atoms with Gasteiger partial charge in [-0.05, 0) is 48.3 Å². The monoisotopic (exact) mass is 648 g/mol. The van der Waals surface area contributed by atoms with Gasteiger partial charge < -0.3 is 19.2 Å². The summed E-state index contributed by atoms with van der Waals surface area (Å²) < 4.78 is 11.3. The molecule has 4 aromatic heterocycles. The first-order valence-corrected chi connectivity index (χ1v) is 16.3. The summed E-state index contributed by atoms with van der Waals surface area (Å²) in [7, 11) is 3.23. The summed E-state index contributed by atoms with van der Waals surface area (Å²) in [6, 6.07) is 11.6. The van der Waals surface area contributed by atoms with Gasteiger partial charge in [0, 0.05) is 43.5 Å². The lowest BCUT2D eigenvalue weighted by Gasteiger charge is -2.31. The summed E-state index contributed by atoms with van der Waals surface area (Å²) in [6.07, 6.45) is 4.72. The van der Waals surface area contributed by atoms with E-state index in [1.54, 1.807) is 49.0 Å². The van der Waals surface area contributed by atoms with Gasteiger partial charge in [-0.2, -0.15) is 0 Å². The Morgan fingerprint density at radius 2 is 1.14 bits per heavy atom. The average molecular weight is 649 g/mol. The quantitative estimate of drug-likeness (QED) is 0.118. The van der Waals surface area contributed by atoms with Gasteiger partial charge in [0.25, 0.3) is 0 Å². The van der Waals surface area contributed by atoms with Gasteiger partial charge in [-0.25, -0.2) is 10.5 Å². The molecule has 0 fully saturated rings. The number of methoxy groups -OCH3 is 2. The molecule has 0 saturated carbocycles. The van der Waals surface area contributed by atoms with Crippen molar-refractivity contribution in [2.45, 2.75) is 25.7 Å². The Kier molecular flexibility index (Phi) is 7.78. The maximum absolute atomic E-state index is 9.16. The van der Waals surface area contributed by atoms with Crippen molar-refractivity contribution in [1.29, 1.82) is 10.5 Å². The van der Waals surface area contributed by atoms with Crippen molar-refractivity contribution in [2.75, 3.05) is 14.2 Å². The van der Waals surface area contributed by atoms with Crippen molar-refractivity contribution >= 4 is 78.2 Å². The predicted molar refractivity (Wildman–Crippen MR) is 180 cm³/mol. The van der Waals surface area contributed by atoms with Crippen LogP contribution in [-0.4, -0.2) is 25.9 Å². The summed E-state index contributed by atoms with van der Waals surface area (Å²) >= 11 is 6.30. The van der Waals surface area contributed by atoms with Crippen LogP contribution in [0.5, 0.6) is 11.5 Å². The van der Waals surface area contributed by atoms with Gasteiger partial charge >= 0.3 is 11.7 Å². The molecule has 44 heavy (non-hydrogen) atoms. The van der Waals surface area contributed by atoms with Gasteiger partial charge in [0.2, 0.25) is 10.0 Å². The molecule has 2 unspecified atom stereocenters. The fourth-order valence-electron chi connectivity index (χ4n) is 5.39. The first kappa shape index (κ1) is 29.3. The average Bonchev–Trinajstić information content (AvgIpc) is 3.83. The highest BCUT2D eigenvalue weighted by Gasteiger charge is 2.37. The molecule has 2 atom stereocenters. The van der Waals surface area contributed by atoms with E-state index in [-0.39, 0.29) is 23.5 Å². The van der Waals surface area contributed by atoms with Crippen molar-refractivity contribution in [1.82, 2.24) is 0 Å². The van der Waals surface area contributed by atoms with Gasteiger partial charge in [0.15, 0.2) is 0 Å². The molecule has 6 rings (SSSR count). The van der Waals surface area contributed by atoms with Crippen LogP contribution in [0.15, 0.2) is 46.4 Å². The van der Waals surface area contributed by atoms with E-state index in [4.69, 9.17) is 33.1 Å². The van der Waals surface area contributed by atoms with Crippen molar-refractivity contribution in [3.63, 3.8) is 0 Å². The zero-order valence-corrected chi connectivity index (χ0v) is 27.0. The number of nitriles is 2. The normalized spacial score (nSPS) is 17.1. The highest BCUT2D eigenvalue weighted by Crippen LogP contribution is 2.58. The third kappa shape index (κ3) is 4.95. The second kappa shape index (κ2) is 11.7. The van der Waals surface area contributed by atoms with Gasteiger partial charge in [-0.1, -0.05) is 58.0 Å². The number of nitrogens with zero attached hydrogens (tertiary/aromatic N) is 6. The van der Waals surface area contributed by atoms with Crippen LogP contribution in [0.2, 0.25) is 0 Å². The number of hydrogen-bond acceptors (Lipinski definition) is 10. The topological polar surface area (TPSA) is 99.5 Å². The summed E-state index contributed by atoms with van der Waals surface area (Å²) in [4.78, 5) is 21.3. The zero-order chi connectivity index (χ0) is 31.1. The lowest BCUT2D eigenvalue weighted by molar-refractivity contribution is 0.418. The fraction of sp³-hybridized carbons (Fsp3) is 0.188. The first-order chi connectivity index (χ1) is 21.3.